The smallest absolute Gasteiger partial charge is 0.139 e. The first-order valence-electron chi connectivity index (χ1n) is 9.16. The third-order valence-corrected chi connectivity index (χ3v) is 5.79. The monoisotopic (exact) mass is 399 g/mol. The molecule has 1 aliphatic rings. The second-order valence-electron chi connectivity index (χ2n) is 6.65. The number of hydrogen-bond donors (Lipinski definition) is 2. The van der Waals surface area contributed by atoms with Gasteiger partial charge in [0.2, 0.25) is 0 Å². The highest BCUT2D eigenvalue weighted by atomic mass is 32.1. The highest BCUT2D eigenvalue weighted by molar-refractivity contribution is 7.19. The number of thiazole rings is 1. The molecule has 0 aliphatic carbocycles. The van der Waals surface area contributed by atoms with Crippen molar-refractivity contribution in [3.05, 3.63) is 89.6 Å². The largest absolute Gasteiger partial charge is 0.510 e. The number of para-hydroxylation sites is 2. The first-order valence-corrected chi connectivity index (χ1v) is 9.98. The summed E-state index contributed by atoms with van der Waals surface area (Å²) < 4.78 is 6.87. The molecule has 0 saturated carbocycles. The van der Waals surface area contributed by atoms with Gasteiger partial charge >= 0.3 is 0 Å². The van der Waals surface area contributed by atoms with E-state index in [0.717, 1.165) is 21.7 Å². The van der Waals surface area contributed by atoms with Crippen LogP contribution in [0.1, 0.15) is 5.01 Å². The molecular weight excluding hydrogens is 382 g/mol. The Bertz CT molecular complexity index is 1200. The third-order valence-electron chi connectivity index (χ3n) is 4.74. The van der Waals surface area contributed by atoms with Crippen molar-refractivity contribution < 1.29 is 9.84 Å². The van der Waals surface area contributed by atoms with Gasteiger partial charge in [0.05, 0.1) is 22.3 Å². The number of amidine groups is 1. The van der Waals surface area contributed by atoms with Gasteiger partial charge in [-0.3, -0.25) is 5.41 Å². The predicted molar refractivity (Wildman–Crippen MR) is 117 cm³/mol. The van der Waals surface area contributed by atoms with Gasteiger partial charge in [0.15, 0.2) is 0 Å². The van der Waals surface area contributed by atoms with Crippen LogP contribution in [0.4, 0.5) is 5.69 Å². The fraction of sp³-hybridized carbons (Fsp3) is 0.0435. The summed E-state index contributed by atoms with van der Waals surface area (Å²) in [6, 6.07) is 24.9. The summed E-state index contributed by atoms with van der Waals surface area (Å²) in [5, 5.41) is 19.8. The SMILES string of the molecule is N=C1C(c2nc3ccccc3s2)=C(O)CN1c1ccc(Oc2ccccc2)cc1. The summed E-state index contributed by atoms with van der Waals surface area (Å²) in [6.07, 6.45) is 0. The second-order valence-corrected chi connectivity index (χ2v) is 7.68. The Kier molecular flexibility index (Phi) is 4.26. The normalized spacial score (nSPS) is 14.1. The minimum absolute atomic E-state index is 0.165. The van der Waals surface area contributed by atoms with Crippen LogP contribution >= 0.6 is 11.3 Å². The van der Waals surface area contributed by atoms with Gasteiger partial charge in [0, 0.05) is 5.69 Å². The van der Waals surface area contributed by atoms with E-state index >= 15 is 0 Å². The summed E-state index contributed by atoms with van der Waals surface area (Å²) in [5.41, 5.74) is 2.19. The Morgan fingerprint density at radius 2 is 1.59 bits per heavy atom. The lowest BCUT2D eigenvalue weighted by atomic mass is 10.2. The Hall–Kier alpha value is -3.64. The van der Waals surface area contributed by atoms with Gasteiger partial charge in [-0.15, -0.1) is 11.3 Å². The van der Waals surface area contributed by atoms with E-state index < -0.39 is 0 Å². The molecule has 0 spiro atoms. The maximum absolute atomic E-state index is 10.6. The lowest BCUT2D eigenvalue weighted by Crippen LogP contribution is -2.25. The number of rotatable bonds is 4. The highest BCUT2D eigenvalue weighted by Crippen LogP contribution is 2.35. The zero-order valence-corrected chi connectivity index (χ0v) is 16.2. The van der Waals surface area contributed by atoms with Crippen LogP contribution in [0.15, 0.2) is 84.6 Å². The van der Waals surface area contributed by atoms with Crippen LogP contribution in [-0.2, 0) is 0 Å². The number of aliphatic hydroxyl groups excluding tert-OH is 1. The Morgan fingerprint density at radius 1 is 0.897 bits per heavy atom. The van der Waals surface area contributed by atoms with E-state index in [0.29, 0.717) is 16.3 Å². The average Bonchev–Trinajstić information content (AvgIpc) is 3.29. The Labute approximate surface area is 171 Å². The first-order chi connectivity index (χ1) is 14.2. The number of fused-ring (bicyclic) bond motifs is 1. The predicted octanol–water partition coefficient (Wildman–Crippen LogP) is 5.86. The van der Waals surface area contributed by atoms with Crippen molar-refractivity contribution in [3.8, 4) is 11.5 Å². The van der Waals surface area contributed by atoms with Crippen molar-refractivity contribution >= 4 is 38.6 Å². The van der Waals surface area contributed by atoms with Crippen molar-refractivity contribution in [1.29, 1.82) is 5.41 Å². The van der Waals surface area contributed by atoms with E-state index in [4.69, 9.17) is 10.1 Å². The van der Waals surface area contributed by atoms with Crippen LogP contribution in [0.3, 0.4) is 0 Å². The maximum Gasteiger partial charge on any atom is 0.139 e. The number of aliphatic hydroxyl groups is 1. The third kappa shape index (κ3) is 3.23. The first kappa shape index (κ1) is 17.5. The lowest BCUT2D eigenvalue weighted by Gasteiger charge is -2.19. The van der Waals surface area contributed by atoms with Crippen molar-refractivity contribution in [2.75, 3.05) is 11.4 Å². The minimum atomic E-state index is 0.165. The average molecular weight is 399 g/mol. The molecule has 0 atom stereocenters. The lowest BCUT2D eigenvalue weighted by molar-refractivity contribution is 0.411. The minimum Gasteiger partial charge on any atom is -0.510 e. The summed E-state index contributed by atoms with van der Waals surface area (Å²) >= 11 is 1.49. The zero-order valence-electron chi connectivity index (χ0n) is 15.4. The van der Waals surface area contributed by atoms with E-state index in [1.165, 1.54) is 11.3 Å². The van der Waals surface area contributed by atoms with Crippen molar-refractivity contribution in [2.24, 2.45) is 0 Å². The number of hydrogen-bond acceptors (Lipinski definition) is 5. The fourth-order valence-electron chi connectivity index (χ4n) is 3.32. The molecule has 29 heavy (non-hydrogen) atoms. The van der Waals surface area contributed by atoms with E-state index in [1.807, 2.05) is 78.9 Å². The van der Waals surface area contributed by atoms with Crippen molar-refractivity contribution in [1.82, 2.24) is 4.98 Å². The molecule has 5 rings (SSSR count). The molecule has 0 unspecified atom stereocenters. The Morgan fingerprint density at radius 3 is 2.34 bits per heavy atom. The van der Waals surface area contributed by atoms with E-state index in [1.54, 1.807) is 4.90 Å². The van der Waals surface area contributed by atoms with E-state index in [9.17, 15) is 5.11 Å². The van der Waals surface area contributed by atoms with Gasteiger partial charge < -0.3 is 14.7 Å². The molecule has 0 radical (unpaired) electrons. The molecular formula is C23H17N3O2S. The van der Waals surface area contributed by atoms with Crippen molar-refractivity contribution in [3.63, 3.8) is 0 Å². The maximum atomic E-state index is 10.6. The number of benzene rings is 3. The molecule has 6 heteroatoms. The number of anilines is 1. The molecule has 1 aromatic heterocycles. The number of ether oxygens (including phenoxy) is 1. The van der Waals surface area contributed by atoms with Gasteiger partial charge in [-0.25, -0.2) is 4.98 Å². The van der Waals surface area contributed by atoms with Gasteiger partial charge in [0.1, 0.15) is 28.1 Å². The zero-order chi connectivity index (χ0) is 19.8. The fourth-order valence-corrected chi connectivity index (χ4v) is 4.36. The molecule has 2 N–H and O–H groups in total. The van der Waals surface area contributed by atoms with E-state index in [-0.39, 0.29) is 18.1 Å². The Balaban J connectivity index is 1.38. The molecule has 3 aromatic carbocycles. The van der Waals surface area contributed by atoms with Crippen LogP contribution in [0, 0.1) is 5.41 Å². The van der Waals surface area contributed by atoms with Crippen LogP contribution in [0.5, 0.6) is 11.5 Å². The topological polar surface area (TPSA) is 69.4 Å². The summed E-state index contributed by atoms with van der Waals surface area (Å²) in [4.78, 5) is 6.36. The van der Waals surface area contributed by atoms with Crippen molar-refractivity contribution in [2.45, 2.75) is 0 Å². The quantitative estimate of drug-likeness (QED) is 0.451. The van der Waals surface area contributed by atoms with Crippen LogP contribution in [0.2, 0.25) is 0 Å². The number of nitrogens with zero attached hydrogens (tertiary/aromatic N) is 2. The summed E-state index contributed by atoms with van der Waals surface area (Å²) in [5.74, 6) is 1.90. The van der Waals surface area contributed by atoms with Crippen LogP contribution in [0.25, 0.3) is 15.8 Å². The van der Waals surface area contributed by atoms with Gasteiger partial charge in [0.25, 0.3) is 0 Å². The highest BCUT2D eigenvalue weighted by Gasteiger charge is 2.31. The number of aromatic nitrogens is 1. The molecule has 2 heterocycles. The number of nitrogens with one attached hydrogen (secondary N) is 1. The van der Waals surface area contributed by atoms with Crippen LogP contribution < -0.4 is 9.64 Å². The molecule has 0 fully saturated rings. The van der Waals surface area contributed by atoms with Gasteiger partial charge in [-0.1, -0.05) is 30.3 Å². The second kappa shape index (κ2) is 7.07. The molecule has 1 aliphatic heterocycles. The standard InChI is InChI=1S/C23H17N3O2S/c24-22-21(23-25-18-8-4-5-9-20(18)29-23)19(27)14-26(22)15-10-12-17(13-11-15)28-16-6-2-1-3-7-16/h1-13,24,27H,14H2. The van der Waals surface area contributed by atoms with E-state index in [2.05, 4.69) is 4.98 Å². The van der Waals surface area contributed by atoms with Gasteiger partial charge in [-0.2, -0.15) is 0 Å². The molecule has 0 bridgehead atoms. The van der Waals surface area contributed by atoms with Crippen LogP contribution in [-0.4, -0.2) is 22.5 Å². The molecule has 5 nitrogen and oxygen atoms in total. The summed E-state index contributed by atoms with van der Waals surface area (Å²) in [6.45, 7) is 0.253. The molecule has 0 amide bonds. The summed E-state index contributed by atoms with van der Waals surface area (Å²) in [7, 11) is 0. The molecule has 142 valence electrons. The molecule has 4 aromatic rings. The molecule has 0 saturated heterocycles. The van der Waals surface area contributed by atoms with Gasteiger partial charge in [-0.05, 0) is 48.5 Å².